The van der Waals surface area contributed by atoms with Crippen molar-refractivity contribution in [3.63, 3.8) is 0 Å². The van der Waals surface area contributed by atoms with Crippen molar-refractivity contribution < 1.29 is 27.5 Å². The molecule has 226 valence electrons. The van der Waals surface area contributed by atoms with E-state index in [0.717, 1.165) is 17.1 Å². The van der Waals surface area contributed by atoms with Crippen LogP contribution in [0.25, 0.3) is 0 Å². The Kier molecular flexibility index (Phi) is 12.1. The first kappa shape index (κ1) is 32.8. The molecule has 0 radical (unpaired) electrons. The molecular formula is C31H38ClN3O6S. The number of methoxy groups -OCH3 is 2. The molecule has 2 amide bonds. The van der Waals surface area contributed by atoms with Gasteiger partial charge in [-0.15, -0.1) is 0 Å². The molecule has 1 atom stereocenters. The van der Waals surface area contributed by atoms with Gasteiger partial charge in [-0.3, -0.25) is 13.9 Å². The molecule has 1 N–H and O–H groups in total. The molecule has 0 aliphatic heterocycles. The predicted octanol–water partition coefficient (Wildman–Crippen LogP) is 5.28. The Labute approximate surface area is 253 Å². The Hall–Kier alpha value is -3.76. The summed E-state index contributed by atoms with van der Waals surface area (Å²) in [6, 6.07) is 18.8. The molecule has 0 aliphatic rings. The smallest absolute Gasteiger partial charge is 0.264 e. The van der Waals surface area contributed by atoms with Crippen molar-refractivity contribution in [1.29, 1.82) is 0 Å². The molecule has 0 aliphatic carbocycles. The average Bonchev–Trinajstić information content (AvgIpc) is 3.00. The Morgan fingerprint density at radius 2 is 1.60 bits per heavy atom. The number of hydrogen-bond donors (Lipinski definition) is 1. The fourth-order valence-corrected chi connectivity index (χ4v) is 6.09. The van der Waals surface area contributed by atoms with Crippen molar-refractivity contribution in [3.05, 3.63) is 83.4 Å². The lowest BCUT2D eigenvalue weighted by molar-refractivity contribution is -0.140. The van der Waals surface area contributed by atoms with Gasteiger partial charge in [0.25, 0.3) is 10.0 Å². The number of nitrogens with zero attached hydrogens (tertiary/aromatic N) is 2. The molecule has 42 heavy (non-hydrogen) atoms. The van der Waals surface area contributed by atoms with E-state index in [0.29, 0.717) is 35.0 Å². The fourth-order valence-electron chi connectivity index (χ4n) is 4.46. The summed E-state index contributed by atoms with van der Waals surface area (Å²) in [7, 11) is -1.40. The minimum absolute atomic E-state index is 0.0250. The molecule has 0 bridgehead atoms. The van der Waals surface area contributed by atoms with Gasteiger partial charge in [0.1, 0.15) is 12.6 Å². The molecule has 3 rings (SSSR count). The second-order valence-electron chi connectivity index (χ2n) is 9.55. The minimum atomic E-state index is -4.27. The molecule has 1 unspecified atom stereocenters. The number of anilines is 1. The van der Waals surface area contributed by atoms with E-state index in [9.17, 15) is 18.0 Å². The van der Waals surface area contributed by atoms with Gasteiger partial charge in [0, 0.05) is 24.2 Å². The van der Waals surface area contributed by atoms with Crippen molar-refractivity contribution in [2.75, 3.05) is 31.6 Å². The predicted molar refractivity (Wildman–Crippen MR) is 165 cm³/mol. The number of unbranched alkanes of at least 4 members (excludes halogenated alkanes) is 1. The number of ether oxygens (including phenoxy) is 2. The molecular weight excluding hydrogens is 578 g/mol. The molecule has 0 spiro atoms. The first-order chi connectivity index (χ1) is 20.2. The number of benzene rings is 3. The van der Waals surface area contributed by atoms with E-state index >= 15 is 0 Å². The van der Waals surface area contributed by atoms with Crippen molar-refractivity contribution in [3.8, 4) is 11.5 Å². The Bertz CT molecular complexity index is 1450. The van der Waals surface area contributed by atoms with Gasteiger partial charge in [0.15, 0.2) is 11.5 Å². The first-order valence-electron chi connectivity index (χ1n) is 13.8. The molecule has 0 heterocycles. The maximum Gasteiger partial charge on any atom is 0.264 e. The van der Waals surface area contributed by atoms with E-state index in [-0.39, 0.29) is 23.1 Å². The van der Waals surface area contributed by atoms with Crippen molar-refractivity contribution in [2.45, 2.75) is 50.6 Å². The molecule has 11 heteroatoms. The summed E-state index contributed by atoms with van der Waals surface area (Å²) in [5.74, 6) is -0.265. The highest BCUT2D eigenvalue weighted by Gasteiger charge is 2.34. The normalized spacial score (nSPS) is 11.8. The second-order valence-corrected chi connectivity index (χ2v) is 11.8. The zero-order valence-corrected chi connectivity index (χ0v) is 26.0. The summed E-state index contributed by atoms with van der Waals surface area (Å²) < 4.78 is 39.8. The van der Waals surface area contributed by atoms with E-state index in [1.807, 2.05) is 13.8 Å². The third-order valence-electron chi connectivity index (χ3n) is 6.78. The van der Waals surface area contributed by atoms with E-state index in [1.54, 1.807) is 54.6 Å². The molecule has 9 nitrogen and oxygen atoms in total. The topological polar surface area (TPSA) is 105 Å². The highest BCUT2D eigenvalue weighted by molar-refractivity contribution is 7.92. The number of hydrogen-bond acceptors (Lipinski definition) is 6. The summed E-state index contributed by atoms with van der Waals surface area (Å²) >= 11 is 6.44. The SMILES string of the molecule is CCCCNC(=O)C(CC)N(Cc1ccccc1Cl)C(=O)CN(c1ccccc1)S(=O)(=O)c1ccc(OC)c(OC)c1. The summed E-state index contributed by atoms with van der Waals surface area (Å²) in [5.41, 5.74) is 0.931. The quantitative estimate of drug-likeness (QED) is 0.233. The van der Waals surface area contributed by atoms with Crippen LogP contribution in [0.15, 0.2) is 77.7 Å². The summed E-state index contributed by atoms with van der Waals surface area (Å²) in [6.45, 7) is 3.78. The van der Waals surface area contributed by atoms with Crippen LogP contribution in [0.4, 0.5) is 5.69 Å². The number of para-hydroxylation sites is 1. The summed E-state index contributed by atoms with van der Waals surface area (Å²) in [6.07, 6.45) is 2.02. The van der Waals surface area contributed by atoms with Crippen molar-refractivity contribution in [1.82, 2.24) is 10.2 Å². The molecule has 3 aromatic rings. The minimum Gasteiger partial charge on any atom is -0.493 e. The lowest BCUT2D eigenvalue weighted by Gasteiger charge is -2.33. The number of halogens is 1. The van der Waals surface area contributed by atoms with Crippen molar-refractivity contribution >= 4 is 39.1 Å². The maximum atomic E-state index is 14.1. The highest BCUT2D eigenvalue weighted by atomic mass is 35.5. The zero-order valence-electron chi connectivity index (χ0n) is 24.4. The first-order valence-corrected chi connectivity index (χ1v) is 15.6. The van der Waals surface area contributed by atoms with Gasteiger partial charge in [-0.2, -0.15) is 0 Å². The van der Waals surface area contributed by atoms with Crippen LogP contribution < -0.4 is 19.1 Å². The van der Waals surface area contributed by atoms with E-state index in [4.69, 9.17) is 21.1 Å². The van der Waals surface area contributed by atoms with Gasteiger partial charge in [0.05, 0.1) is 24.8 Å². The molecule has 0 saturated heterocycles. The Morgan fingerprint density at radius 3 is 2.21 bits per heavy atom. The number of nitrogens with one attached hydrogen (secondary N) is 1. The van der Waals surface area contributed by atoms with Crippen LogP contribution in [-0.2, 0) is 26.2 Å². The Morgan fingerprint density at radius 1 is 0.929 bits per heavy atom. The van der Waals surface area contributed by atoms with Gasteiger partial charge >= 0.3 is 0 Å². The lowest BCUT2D eigenvalue weighted by Crippen LogP contribution is -2.52. The molecule has 0 aromatic heterocycles. The van der Waals surface area contributed by atoms with Crippen LogP contribution in [0.2, 0.25) is 5.02 Å². The van der Waals surface area contributed by atoms with Gasteiger partial charge in [0.2, 0.25) is 11.8 Å². The van der Waals surface area contributed by atoms with Crippen LogP contribution in [0, 0.1) is 0 Å². The van der Waals surface area contributed by atoms with Gasteiger partial charge in [-0.1, -0.05) is 68.3 Å². The number of rotatable bonds is 15. The number of sulfonamides is 1. The van der Waals surface area contributed by atoms with Crippen LogP contribution in [-0.4, -0.2) is 58.5 Å². The van der Waals surface area contributed by atoms with Crippen molar-refractivity contribution in [2.24, 2.45) is 0 Å². The number of carbonyl (C=O) groups is 2. The van der Waals surface area contributed by atoms with E-state index in [1.165, 1.54) is 37.3 Å². The third kappa shape index (κ3) is 7.95. The van der Waals surface area contributed by atoms with E-state index < -0.39 is 28.5 Å². The molecule has 3 aromatic carbocycles. The summed E-state index contributed by atoms with van der Waals surface area (Å²) in [4.78, 5) is 28.7. The standard InChI is InChI=1S/C31H38ClN3O6S/c1-5-7-19-33-31(37)27(6-2)34(21-23-13-11-12-16-26(23)32)30(36)22-35(24-14-9-8-10-15-24)42(38,39)25-17-18-28(40-3)29(20-25)41-4/h8-18,20,27H,5-7,19,21-22H2,1-4H3,(H,33,37). The van der Waals surface area contributed by atoms with Gasteiger partial charge in [-0.05, 0) is 48.7 Å². The number of amides is 2. The zero-order chi connectivity index (χ0) is 30.7. The highest BCUT2D eigenvalue weighted by Crippen LogP contribution is 2.32. The third-order valence-corrected chi connectivity index (χ3v) is 8.92. The monoisotopic (exact) mass is 615 g/mol. The van der Waals surface area contributed by atoms with Crippen LogP contribution in [0.1, 0.15) is 38.7 Å². The maximum absolute atomic E-state index is 14.1. The van der Waals surface area contributed by atoms with Crippen LogP contribution in [0.3, 0.4) is 0 Å². The Balaban J connectivity index is 2.06. The summed E-state index contributed by atoms with van der Waals surface area (Å²) in [5, 5.41) is 3.35. The van der Waals surface area contributed by atoms with Crippen LogP contribution >= 0.6 is 11.6 Å². The number of carbonyl (C=O) groups excluding carboxylic acids is 2. The largest absolute Gasteiger partial charge is 0.493 e. The van der Waals surface area contributed by atoms with Gasteiger partial charge in [-0.25, -0.2) is 8.42 Å². The fraction of sp³-hybridized carbons (Fsp3) is 0.355. The lowest BCUT2D eigenvalue weighted by atomic mass is 10.1. The molecule has 0 fully saturated rings. The van der Waals surface area contributed by atoms with E-state index in [2.05, 4.69) is 5.32 Å². The van der Waals surface area contributed by atoms with Gasteiger partial charge < -0.3 is 19.7 Å². The molecule has 0 saturated carbocycles. The average molecular weight is 616 g/mol. The van der Waals surface area contributed by atoms with Crippen LogP contribution in [0.5, 0.6) is 11.5 Å². The second kappa shape index (κ2) is 15.5.